The summed E-state index contributed by atoms with van der Waals surface area (Å²) < 4.78 is 0.805. The van der Waals surface area contributed by atoms with Crippen LogP contribution in [0.1, 0.15) is 20.3 Å². The molecule has 0 spiro atoms. The van der Waals surface area contributed by atoms with Crippen LogP contribution in [0.2, 0.25) is 0 Å². The third-order valence-corrected chi connectivity index (χ3v) is 2.52. The smallest absolute Gasteiger partial charge is 0.224 e. The molecular formula is C11H15BrN2O. The first-order valence-corrected chi connectivity index (χ1v) is 5.63. The molecule has 0 saturated carbocycles. The quantitative estimate of drug-likeness (QED) is 0.830. The molecule has 1 rings (SSSR count). The molecule has 0 unspecified atom stereocenters. The molecule has 0 saturated heterocycles. The zero-order valence-electron chi connectivity index (χ0n) is 8.88. The number of anilines is 2. The van der Waals surface area contributed by atoms with Crippen molar-refractivity contribution < 1.29 is 4.79 Å². The van der Waals surface area contributed by atoms with E-state index in [-0.39, 0.29) is 5.91 Å². The first kappa shape index (κ1) is 12.0. The number of hydrogen-bond acceptors (Lipinski definition) is 2. The van der Waals surface area contributed by atoms with Gasteiger partial charge in [0.2, 0.25) is 5.91 Å². The molecule has 3 N–H and O–H groups in total. The maximum Gasteiger partial charge on any atom is 0.224 e. The van der Waals surface area contributed by atoms with Gasteiger partial charge in [0.15, 0.2) is 0 Å². The first-order chi connectivity index (χ1) is 6.99. The predicted molar refractivity (Wildman–Crippen MR) is 66.6 cm³/mol. The molecule has 0 atom stereocenters. The Balaban J connectivity index is 2.68. The highest BCUT2D eigenvalue weighted by atomic mass is 79.9. The van der Waals surface area contributed by atoms with Crippen LogP contribution in [0.3, 0.4) is 0 Å². The van der Waals surface area contributed by atoms with Gasteiger partial charge in [-0.25, -0.2) is 0 Å². The number of carbonyl (C=O) groups is 1. The number of carbonyl (C=O) groups excluding carboxylic acids is 1. The van der Waals surface area contributed by atoms with Crippen molar-refractivity contribution in [1.29, 1.82) is 0 Å². The first-order valence-electron chi connectivity index (χ1n) is 4.84. The van der Waals surface area contributed by atoms with Crippen LogP contribution in [0.25, 0.3) is 0 Å². The molecule has 82 valence electrons. The molecule has 0 fully saturated rings. The van der Waals surface area contributed by atoms with Gasteiger partial charge in [-0.05, 0) is 40.0 Å². The lowest BCUT2D eigenvalue weighted by atomic mass is 10.1. The lowest BCUT2D eigenvalue weighted by Crippen LogP contribution is -2.14. The fourth-order valence-corrected chi connectivity index (χ4v) is 1.70. The number of amides is 1. The van der Waals surface area contributed by atoms with Crippen LogP contribution in [0.15, 0.2) is 22.7 Å². The number of halogens is 1. The largest absolute Gasteiger partial charge is 0.399 e. The van der Waals surface area contributed by atoms with Crippen LogP contribution in [0, 0.1) is 5.92 Å². The van der Waals surface area contributed by atoms with E-state index < -0.39 is 0 Å². The lowest BCUT2D eigenvalue weighted by molar-refractivity contribution is -0.116. The number of rotatable bonds is 3. The molecule has 3 nitrogen and oxygen atoms in total. The fraction of sp³-hybridized carbons (Fsp3) is 0.364. The summed E-state index contributed by atoms with van der Waals surface area (Å²) in [4.78, 5) is 11.5. The number of hydrogen-bond donors (Lipinski definition) is 2. The van der Waals surface area contributed by atoms with Gasteiger partial charge in [-0.3, -0.25) is 4.79 Å². The van der Waals surface area contributed by atoms with Crippen LogP contribution in [0.4, 0.5) is 11.4 Å². The van der Waals surface area contributed by atoms with Gasteiger partial charge in [-0.2, -0.15) is 0 Å². The second-order valence-corrected chi connectivity index (χ2v) is 4.74. The van der Waals surface area contributed by atoms with E-state index in [1.807, 2.05) is 13.8 Å². The maximum atomic E-state index is 11.5. The Morgan fingerprint density at radius 2 is 2.20 bits per heavy atom. The molecule has 0 aliphatic heterocycles. The Morgan fingerprint density at radius 1 is 1.53 bits per heavy atom. The lowest BCUT2D eigenvalue weighted by Gasteiger charge is -2.09. The summed E-state index contributed by atoms with van der Waals surface area (Å²) in [6.07, 6.45) is 0.525. The molecule has 0 aliphatic rings. The number of nitrogens with one attached hydrogen (secondary N) is 1. The van der Waals surface area contributed by atoms with Crippen molar-refractivity contribution in [1.82, 2.24) is 0 Å². The summed E-state index contributed by atoms with van der Waals surface area (Å²) in [5.74, 6) is 0.382. The van der Waals surface area contributed by atoms with E-state index in [1.165, 1.54) is 0 Å². The summed E-state index contributed by atoms with van der Waals surface area (Å²) in [7, 11) is 0. The molecule has 1 aromatic rings. The van der Waals surface area contributed by atoms with Gasteiger partial charge in [0.05, 0.1) is 5.69 Å². The van der Waals surface area contributed by atoms with Crippen LogP contribution in [0.5, 0.6) is 0 Å². The van der Waals surface area contributed by atoms with E-state index in [1.54, 1.807) is 18.2 Å². The van der Waals surface area contributed by atoms with E-state index >= 15 is 0 Å². The van der Waals surface area contributed by atoms with Crippen LogP contribution >= 0.6 is 15.9 Å². The van der Waals surface area contributed by atoms with E-state index in [9.17, 15) is 4.79 Å². The zero-order valence-corrected chi connectivity index (χ0v) is 10.5. The molecule has 15 heavy (non-hydrogen) atoms. The molecule has 1 amide bonds. The Bertz CT molecular complexity index is 364. The third kappa shape index (κ3) is 3.91. The van der Waals surface area contributed by atoms with E-state index in [0.29, 0.717) is 18.0 Å². The summed E-state index contributed by atoms with van der Waals surface area (Å²) in [5, 5.41) is 2.83. The van der Waals surface area contributed by atoms with Gasteiger partial charge in [-0.15, -0.1) is 0 Å². The zero-order chi connectivity index (χ0) is 11.4. The minimum absolute atomic E-state index is 0.0236. The molecule has 0 aromatic heterocycles. The van der Waals surface area contributed by atoms with Crippen molar-refractivity contribution in [3.05, 3.63) is 22.7 Å². The molecule has 1 aromatic carbocycles. The fourth-order valence-electron chi connectivity index (χ4n) is 1.20. The maximum absolute atomic E-state index is 11.5. The van der Waals surface area contributed by atoms with Gasteiger partial charge < -0.3 is 11.1 Å². The van der Waals surface area contributed by atoms with Crippen molar-refractivity contribution in [2.24, 2.45) is 5.92 Å². The van der Waals surface area contributed by atoms with Crippen LogP contribution < -0.4 is 11.1 Å². The number of nitrogens with two attached hydrogens (primary N) is 1. The summed E-state index contributed by atoms with van der Waals surface area (Å²) in [5.41, 5.74) is 7.03. The van der Waals surface area contributed by atoms with E-state index in [2.05, 4.69) is 21.2 Å². The van der Waals surface area contributed by atoms with Crippen molar-refractivity contribution in [3.8, 4) is 0 Å². The number of nitrogen functional groups attached to an aromatic ring is 1. The summed E-state index contributed by atoms with van der Waals surface area (Å²) in [6.45, 7) is 4.02. The van der Waals surface area contributed by atoms with Crippen molar-refractivity contribution in [2.45, 2.75) is 20.3 Å². The van der Waals surface area contributed by atoms with Crippen molar-refractivity contribution >= 4 is 33.2 Å². The molecular weight excluding hydrogens is 256 g/mol. The number of benzene rings is 1. The Morgan fingerprint density at radius 3 is 2.73 bits per heavy atom. The average Bonchev–Trinajstić information content (AvgIpc) is 2.08. The Hall–Kier alpha value is -1.03. The molecule has 0 heterocycles. The minimum atomic E-state index is 0.0236. The van der Waals surface area contributed by atoms with Crippen molar-refractivity contribution in [2.75, 3.05) is 11.1 Å². The molecule has 0 bridgehead atoms. The van der Waals surface area contributed by atoms with Gasteiger partial charge in [0, 0.05) is 16.6 Å². The minimum Gasteiger partial charge on any atom is -0.399 e. The monoisotopic (exact) mass is 270 g/mol. The van der Waals surface area contributed by atoms with E-state index in [4.69, 9.17) is 5.73 Å². The highest BCUT2D eigenvalue weighted by Crippen LogP contribution is 2.24. The molecule has 0 aliphatic carbocycles. The molecule has 0 radical (unpaired) electrons. The summed E-state index contributed by atoms with van der Waals surface area (Å²) >= 11 is 3.35. The van der Waals surface area contributed by atoms with Crippen molar-refractivity contribution in [3.63, 3.8) is 0 Å². The van der Waals surface area contributed by atoms with Crippen LogP contribution in [-0.4, -0.2) is 5.91 Å². The second-order valence-electron chi connectivity index (χ2n) is 3.89. The van der Waals surface area contributed by atoms with Gasteiger partial charge in [0.25, 0.3) is 0 Å². The Kier molecular flexibility index (Phi) is 4.15. The van der Waals surface area contributed by atoms with Gasteiger partial charge in [0.1, 0.15) is 0 Å². The predicted octanol–water partition coefficient (Wildman–Crippen LogP) is 3.02. The van der Waals surface area contributed by atoms with Crippen LogP contribution in [-0.2, 0) is 4.79 Å². The second kappa shape index (κ2) is 5.16. The highest BCUT2D eigenvalue weighted by molar-refractivity contribution is 9.10. The SMILES string of the molecule is CC(C)CC(=O)Nc1ccc(N)cc1Br. The Labute approximate surface area is 98.2 Å². The highest BCUT2D eigenvalue weighted by Gasteiger charge is 2.07. The van der Waals surface area contributed by atoms with Gasteiger partial charge in [-0.1, -0.05) is 13.8 Å². The van der Waals surface area contributed by atoms with Gasteiger partial charge >= 0.3 is 0 Å². The topological polar surface area (TPSA) is 55.1 Å². The van der Waals surface area contributed by atoms with E-state index in [0.717, 1.165) is 10.2 Å². The third-order valence-electron chi connectivity index (χ3n) is 1.86. The standard InChI is InChI=1S/C11H15BrN2O/c1-7(2)5-11(15)14-10-4-3-8(13)6-9(10)12/h3-4,6-7H,5,13H2,1-2H3,(H,14,15). The average molecular weight is 271 g/mol. The molecule has 4 heteroatoms. The summed E-state index contributed by atoms with van der Waals surface area (Å²) in [6, 6.07) is 5.32. The normalized spacial score (nSPS) is 10.4.